The number of aromatic nitrogens is 2. The van der Waals surface area contributed by atoms with E-state index in [0.29, 0.717) is 22.6 Å². The van der Waals surface area contributed by atoms with E-state index in [0.717, 1.165) is 0 Å². The Bertz CT molecular complexity index is 1390. The number of carbonyl (C=O) groups excluding carboxylic acids is 4. The maximum absolute atomic E-state index is 13.0. The minimum Gasteiger partial charge on any atom is -0.326 e. The first kappa shape index (κ1) is 26.4. The lowest BCUT2D eigenvalue weighted by molar-refractivity contribution is -0.746. The van der Waals surface area contributed by atoms with E-state index < -0.39 is 11.9 Å². The van der Waals surface area contributed by atoms with Gasteiger partial charge >= 0.3 is 5.88 Å². The Morgan fingerprint density at radius 2 is 1.66 bits per heavy atom. The summed E-state index contributed by atoms with van der Waals surface area (Å²) in [7, 11) is 3.18. The Labute approximate surface area is 223 Å². The average molecular weight is 537 g/mol. The van der Waals surface area contributed by atoms with Gasteiger partial charge in [-0.2, -0.15) is 0 Å². The number of nitrogens with one attached hydrogen (secondary N) is 3. The highest BCUT2D eigenvalue weighted by atomic mass is 32.1. The van der Waals surface area contributed by atoms with E-state index in [1.807, 2.05) is 0 Å². The van der Waals surface area contributed by atoms with Crippen LogP contribution >= 0.6 is 12.2 Å². The summed E-state index contributed by atoms with van der Waals surface area (Å²) in [5.41, 5.74) is 1.99. The quantitative estimate of drug-likeness (QED) is 0.292. The van der Waals surface area contributed by atoms with Crippen molar-refractivity contribution in [2.45, 2.75) is 25.9 Å². The molecule has 196 valence electrons. The molecule has 1 aromatic heterocycles. The highest BCUT2D eigenvalue weighted by Gasteiger charge is 2.43. The molecular weight excluding hydrogens is 510 g/mol. The molecule has 4 rings (SSSR count). The lowest BCUT2D eigenvalue weighted by Gasteiger charge is -2.21. The molecular formula is C25H26N7O5S+. The molecule has 2 heterocycles. The summed E-state index contributed by atoms with van der Waals surface area (Å²) in [6, 6.07) is 14.3. The lowest BCUT2D eigenvalue weighted by atomic mass is 10.1. The second-order valence-corrected chi connectivity index (χ2v) is 8.99. The summed E-state index contributed by atoms with van der Waals surface area (Å²) in [6.07, 6.45) is -0.169. The molecule has 0 spiro atoms. The van der Waals surface area contributed by atoms with E-state index >= 15 is 0 Å². The summed E-state index contributed by atoms with van der Waals surface area (Å²) >= 11 is 5.49. The topological polar surface area (TPSA) is 141 Å². The van der Waals surface area contributed by atoms with Gasteiger partial charge in [0.05, 0.1) is 6.42 Å². The Kier molecular flexibility index (Phi) is 7.76. The van der Waals surface area contributed by atoms with Gasteiger partial charge in [-0.3, -0.25) is 33.9 Å². The Morgan fingerprint density at radius 3 is 2.29 bits per heavy atom. The first-order valence-corrected chi connectivity index (χ1v) is 12.0. The van der Waals surface area contributed by atoms with Gasteiger partial charge in [-0.1, -0.05) is 18.2 Å². The van der Waals surface area contributed by atoms with E-state index in [1.165, 1.54) is 16.5 Å². The van der Waals surface area contributed by atoms with Crippen LogP contribution in [0, 0.1) is 0 Å². The van der Waals surface area contributed by atoms with Gasteiger partial charge in [0, 0.05) is 30.9 Å². The fourth-order valence-corrected chi connectivity index (χ4v) is 4.21. The number of amides is 4. The molecule has 12 nitrogen and oxygen atoms in total. The molecule has 38 heavy (non-hydrogen) atoms. The monoisotopic (exact) mass is 536 g/mol. The molecule has 0 saturated carbocycles. The molecule has 13 heteroatoms. The van der Waals surface area contributed by atoms with E-state index in [9.17, 15) is 19.2 Å². The highest BCUT2D eigenvalue weighted by molar-refractivity contribution is 7.80. The minimum atomic E-state index is -0.876. The third-order valence-electron chi connectivity index (χ3n) is 5.88. The number of hydrogen-bond donors (Lipinski definition) is 3. The third-order valence-corrected chi connectivity index (χ3v) is 6.39. The van der Waals surface area contributed by atoms with Crippen LogP contribution in [0.4, 0.5) is 17.3 Å². The van der Waals surface area contributed by atoms with Crippen molar-refractivity contribution in [3.05, 3.63) is 65.9 Å². The van der Waals surface area contributed by atoms with E-state index in [1.54, 1.807) is 73.6 Å². The number of anilines is 3. The smallest absolute Gasteiger partial charge is 0.307 e. The zero-order valence-electron chi connectivity index (χ0n) is 20.9. The van der Waals surface area contributed by atoms with Gasteiger partial charge < -0.3 is 15.5 Å². The van der Waals surface area contributed by atoms with Crippen LogP contribution < -0.4 is 20.6 Å². The molecule has 2 aromatic carbocycles. The maximum Gasteiger partial charge on any atom is 0.307 e. The van der Waals surface area contributed by atoms with Crippen LogP contribution in [-0.4, -0.2) is 56.9 Å². The lowest BCUT2D eigenvalue weighted by Crippen LogP contribution is -2.42. The van der Waals surface area contributed by atoms with Crippen LogP contribution in [0.1, 0.15) is 29.4 Å². The number of hydrogen-bond acceptors (Lipinski definition) is 7. The zero-order valence-corrected chi connectivity index (χ0v) is 21.7. The molecule has 1 unspecified atom stereocenters. The van der Waals surface area contributed by atoms with Crippen molar-refractivity contribution in [2.24, 2.45) is 7.05 Å². The zero-order chi connectivity index (χ0) is 27.4. The first-order chi connectivity index (χ1) is 18.1. The third kappa shape index (κ3) is 5.83. The Hall–Kier alpha value is -4.65. The van der Waals surface area contributed by atoms with Crippen LogP contribution in [0.2, 0.25) is 0 Å². The number of aryl methyl sites for hydroxylation is 1. The van der Waals surface area contributed by atoms with E-state index in [2.05, 4.69) is 21.2 Å². The molecule has 3 N–H and O–H groups in total. The standard InChI is InChI=1S/C25H25N7O5S/c1-15(33)26-17-9-11-18(12-10-17)27-21(34)13-19-24(36)30(2)25(38)32(19)14-20-23(37-29-31(20)3)28-22(35)16-7-5-4-6-8-16/h4-12,19,29H,13-14H2,1-3H3,(H,28,35)/p+1. The fourth-order valence-electron chi connectivity index (χ4n) is 3.93. The predicted molar refractivity (Wildman–Crippen MR) is 141 cm³/mol. The summed E-state index contributed by atoms with van der Waals surface area (Å²) in [5, 5.41) is 12.2. The first-order valence-electron chi connectivity index (χ1n) is 11.6. The highest BCUT2D eigenvalue weighted by Crippen LogP contribution is 2.25. The molecule has 4 amide bonds. The summed E-state index contributed by atoms with van der Waals surface area (Å²) < 4.78 is 6.75. The molecule has 1 saturated heterocycles. The molecule has 1 aliphatic rings. The van der Waals surface area contributed by atoms with Crippen LogP contribution in [0.5, 0.6) is 0 Å². The predicted octanol–water partition coefficient (Wildman–Crippen LogP) is 1.67. The van der Waals surface area contributed by atoms with Crippen LogP contribution in [-0.2, 0) is 28.0 Å². The van der Waals surface area contributed by atoms with Gasteiger partial charge in [0.1, 0.15) is 12.6 Å². The average Bonchev–Trinajstić information content (AvgIpc) is 3.33. The number of nitrogens with zero attached hydrogens (tertiary/aromatic N) is 4. The number of rotatable bonds is 8. The number of thiocarbonyl (C=S) groups is 1. The number of likely N-dealkylation sites (N-methyl/N-ethyl adjacent to an activating group) is 1. The second-order valence-electron chi connectivity index (χ2n) is 8.63. The number of benzene rings is 2. The maximum atomic E-state index is 13.0. The molecule has 1 fully saturated rings. The fraction of sp³-hybridized carbons (Fsp3) is 0.240. The van der Waals surface area contributed by atoms with Crippen molar-refractivity contribution >= 4 is 58.2 Å². The Balaban J connectivity index is 1.48. The number of carbonyl (C=O) groups is 4. The van der Waals surface area contributed by atoms with E-state index in [-0.39, 0.29) is 41.7 Å². The van der Waals surface area contributed by atoms with Gasteiger partial charge in [0.25, 0.3) is 17.5 Å². The van der Waals surface area contributed by atoms with Gasteiger partial charge in [-0.15, -0.1) is 0 Å². The summed E-state index contributed by atoms with van der Waals surface area (Å²) in [4.78, 5) is 52.6. The summed E-state index contributed by atoms with van der Waals surface area (Å²) in [6.45, 7) is 1.46. The summed E-state index contributed by atoms with van der Waals surface area (Å²) in [5.74, 6) is -1.22. The molecule has 3 aromatic rings. The van der Waals surface area contributed by atoms with Gasteiger partial charge in [0.15, 0.2) is 12.2 Å². The van der Waals surface area contributed by atoms with Crippen molar-refractivity contribution < 1.29 is 28.4 Å². The van der Waals surface area contributed by atoms with Crippen LogP contribution in [0.15, 0.2) is 59.1 Å². The molecule has 1 aliphatic heterocycles. The molecule has 0 bridgehead atoms. The van der Waals surface area contributed by atoms with Crippen molar-refractivity contribution in [2.75, 3.05) is 23.0 Å². The SMILES string of the molecule is CC(=O)Nc1ccc(NC(=O)CC2C(=O)N(C)C(=S)N2Cc2c(NC(=O)c3ccccc3)on[n+]2C)cc1. The van der Waals surface area contributed by atoms with Crippen LogP contribution in [0.25, 0.3) is 0 Å². The second kappa shape index (κ2) is 11.2. The van der Waals surface area contributed by atoms with Gasteiger partial charge in [-0.25, -0.2) is 0 Å². The normalized spacial score (nSPS) is 15.0. The van der Waals surface area contributed by atoms with Crippen molar-refractivity contribution in [1.82, 2.24) is 15.1 Å². The van der Waals surface area contributed by atoms with Gasteiger partial charge in [0.2, 0.25) is 17.1 Å². The molecule has 1 atom stereocenters. The van der Waals surface area contributed by atoms with E-state index in [4.69, 9.17) is 16.7 Å². The minimum absolute atomic E-state index is 0.0582. The molecule has 0 radical (unpaired) electrons. The van der Waals surface area contributed by atoms with Crippen molar-refractivity contribution in [3.63, 3.8) is 0 Å². The Morgan fingerprint density at radius 1 is 1.03 bits per heavy atom. The largest absolute Gasteiger partial charge is 0.326 e. The van der Waals surface area contributed by atoms with Gasteiger partial charge in [-0.05, 0) is 53.3 Å². The van der Waals surface area contributed by atoms with Crippen molar-refractivity contribution in [1.29, 1.82) is 0 Å². The molecule has 0 aliphatic carbocycles. The van der Waals surface area contributed by atoms with Crippen LogP contribution in [0.3, 0.4) is 0 Å². The van der Waals surface area contributed by atoms with Crippen molar-refractivity contribution in [3.8, 4) is 0 Å².